The molecule has 1 heterocycles. The van der Waals surface area contributed by atoms with Gasteiger partial charge in [0.15, 0.2) is 0 Å². The Bertz CT molecular complexity index is 516. The molecule has 0 amide bonds. The largest absolute Gasteiger partial charge is 0.493 e. The SMILES string of the molecule is COCc1cccc(OCCc2nc(CCl)cs2)c1. The van der Waals surface area contributed by atoms with Crippen LogP contribution in [0.15, 0.2) is 29.6 Å². The van der Waals surface area contributed by atoms with Gasteiger partial charge in [0.25, 0.3) is 0 Å². The average molecular weight is 298 g/mol. The lowest BCUT2D eigenvalue weighted by molar-refractivity contribution is 0.184. The first-order valence-corrected chi connectivity index (χ1v) is 7.43. The van der Waals surface area contributed by atoms with Gasteiger partial charge in [0, 0.05) is 18.9 Å². The number of halogens is 1. The van der Waals surface area contributed by atoms with Gasteiger partial charge in [-0.2, -0.15) is 0 Å². The summed E-state index contributed by atoms with van der Waals surface area (Å²) >= 11 is 7.34. The quantitative estimate of drug-likeness (QED) is 0.731. The van der Waals surface area contributed by atoms with Gasteiger partial charge < -0.3 is 9.47 Å². The van der Waals surface area contributed by atoms with Gasteiger partial charge in [0.2, 0.25) is 0 Å². The second-order valence-corrected chi connectivity index (χ2v) is 5.26. The van der Waals surface area contributed by atoms with Crippen molar-refractivity contribution in [1.82, 2.24) is 4.98 Å². The molecule has 0 radical (unpaired) electrons. The number of benzene rings is 1. The highest BCUT2D eigenvalue weighted by Crippen LogP contribution is 2.16. The molecule has 0 aliphatic carbocycles. The van der Waals surface area contributed by atoms with Gasteiger partial charge in [-0.15, -0.1) is 22.9 Å². The van der Waals surface area contributed by atoms with Crippen LogP contribution in [0.3, 0.4) is 0 Å². The maximum Gasteiger partial charge on any atom is 0.119 e. The molecule has 102 valence electrons. The fraction of sp³-hybridized carbons (Fsp3) is 0.357. The molecule has 2 aromatic rings. The van der Waals surface area contributed by atoms with Crippen LogP contribution in [-0.2, 0) is 23.6 Å². The van der Waals surface area contributed by atoms with Crippen molar-refractivity contribution in [2.45, 2.75) is 18.9 Å². The number of hydrogen-bond donors (Lipinski definition) is 0. The Morgan fingerprint density at radius 1 is 1.37 bits per heavy atom. The van der Waals surface area contributed by atoms with E-state index in [1.807, 2.05) is 29.6 Å². The second kappa shape index (κ2) is 7.48. The summed E-state index contributed by atoms with van der Waals surface area (Å²) < 4.78 is 10.8. The lowest BCUT2D eigenvalue weighted by Gasteiger charge is -2.06. The number of aromatic nitrogens is 1. The molecule has 3 nitrogen and oxygen atoms in total. The van der Waals surface area contributed by atoms with Crippen molar-refractivity contribution < 1.29 is 9.47 Å². The van der Waals surface area contributed by atoms with Crippen LogP contribution in [-0.4, -0.2) is 18.7 Å². The van der Waals surface area contributed by atoms with Gasteiger partial charge in [-0.25, -0.2) is 4.98 Å². The number of thiazole rings is 1. The third-order valence-corrected chi connectivity index (χ3v) is 3.76. The zero-order valence-corrected chi connectivity index (χ0v) is 12.3. The molecule has 5 heteroatoms. The number of nitrogens with zero attached hydrogens (tertiary/aromatic N) is 1. The molecule has 0 N–H and O–H groups in total. The standard InChI is InChI=1S/C14H16ClNO2S/c1-17-9-11-3-2-4-13(7-11)18-6-5-14-16-12(8-15)10-19-14/h2-4,7,10H,5-6,8-9H2,1H3. The summed E-state index contributed by atoms with van der Waals surface area (Å²) in [7, 11) is 1.68. The molecule has 0 saturated carbocycles. The van der Waals surface area contributed by atoms with Crippen molar-refractivity contribution in [3.05, 3.63) is 45.9 Å². The summed E-state index contributed by atoms with van der Waals surface area (Å²) in [5.41, 5.74) is 2.04. The van der Waals surface area contributed by atoms with E-state index in [0.29, 0.717) is 19.1 Å². The van der Waals surface area contributed by atoms with Crippen LogP contribution in [0.4, 0.5) is 0 Å². The van der Waals surface area contributed by atoms with E-state index < -0.39 is 0 Å². The first-order chi connectivity index (χ1) is 9.31. The van der Waals surface area contributed by atoms with Gasteiger partial charge in [-0.1, -0.05) is 12.1 Å². The maximum atomic E-state index is 5.72. The van der Waals surface area contributed by atoms with Crippen LogP contribution >= 0.6 is 22.9 Å². The van der Waals surface area contributed by atoms with Crippen LogP contribution < -0.4 is 4.74 Å². The lowest BCUT2D eigenvalue weighted by atomic mass is 10.2. The Balaban J connectivity index is 1.83. The Morgan fingerprint density at radius 3 is 3.00 bits per heavy atom. The summed E-state index contributed by atoms with van der Waals surface area (Å²) in [5.74, 6) is 1.33. The topological polar surface area (TPSA) is 31.4 Å². The zero-order valence-electron chi connectivity index (χ0n) is 10.8. The van der Waals surface area contributed by atoms with Crippen LogP contribution in [0.5, 0.6) is 5.75 Å². The molecule has 0 unspecified atom stereocenters. The van der Waals surface area contributed by atoms with Gasteiger partial charge in [-0.3, -0.25) is 0 Å². The second-order valence-electron chi connectivity index (χ2n) is 4.05. The predicted molar refractivity (Wildman–Crippen MR) is 78.0 cm³/mol. The summed E-state index contributed by atoms with van der Waals surface area (Å²) in [6.45, 7) is 1.22. The smallest absolute Gasteiger partial charge is 0.119 e. The van der Waals surface area contributed by atoms with E-state index in [-0.39, 0.29) is 0 Å². The molecule has 0 fully saturated rings. The first kappa shape index (κ1) is 14.3. The van der Waals surface area contributed by atoms with Gasteiger partial charge in [0.05, 0.1) is 29.8 Å². The van der Waals surface area contributed by atoms with E-state index in [9.17, 15) is 0 Å². The number of ether oxygens (including phenoxy) is 2. The minimum Gasteiger partial charge on any atom is -0.493 e. The van der Waals surface area contributed by atoms with E-state index in [2.05, 4.69) is 4.98 Å². The highest BCUT2D eigenvalue weighted by Gasteiger charge is 2.02. The van der Waals surface area contributed by atoms with Crippen molar-refractivity contribution in [2.75, 3.05) is 13.7 Å². The predicted octanol–water partition coefficient (Wildman–Crippen LogP) is 3.65. The number of hydrogen-bond acceptors (Lipinski definition) is 4. The van der Waals surface area contributed by atoms with Crippen LogP contribution in [0.2, 0.25) is 0 Å². The van der Waals surface area contributed by atoms with Crippen molar-refractivity contribution in [3.63, 3.8) is 0 Å². The van der Waals surface area contributed by atoms with E-state index in [4.69, 9.17) is 21.1 Å². The molecule has 1 aromatic heterocycles. The monoisotopic (exact) mass is 297 g/mol. The van der Waals surface area contributed by atoms with Crippen molar-refractivity contribution >= 4 is 22.9 Å². The van der Waals surface area contributed by atoms with Crippen molar-refractivity contribution in [2.24, 2.45) is 0 Å². The van der Waals surface area contributed by atoms with Crippen LogP contribution in [0.25, 0.3) is 0 Å². The van der Waals surface area contributed by atoms with E-state index in [0.717, 1.165) is 28.4 Å². The fourth-order valence-electron chi connectivity index (χ4n) is 1.67. The number of methoxy groups -OCH3 is 1. The first-order valence-electron chi connectivity index (χ1n) is 6.01. The third-order valence-electron chi connectivity index (χ3n) is 2.53. The Kier molecular flexibility index (Phi) is 5.63. The van der Waals surface area contributed by atoms with Crippen molar-refractivity contribution in [3.8, 4) is 5.75 Å². The average Bonchev–Trinajstić information content (AvgIpc) is 2.88. The van der Waals surface area contributed by atoms with Gasteiger partial charge >= 0.3 is 0 Å². The highest BCUT2D eigenvalue weighted by molar-refractivity contribution is 7.09. The molecule has 0 atom stereocenters. The Labute approximate surface area is 122 Å². The highest BCUT2D eigenvalue weighted by atomic mass is 35.5. The molecule has 0 saturated heterocycles. The number of alkyl halides is 1. The van der Waals surface area contributed by atoms with Crippen LogP contribution in [0.1, 0.15) is 16.3 Å². The lowest BCUT2D eigenvalue weighted by Crippen LogP contribution is -2.01. The summed E-state index contributed by atoms with van der Waals surface area (Å²) in [5, 5.41) is 3.05. The molecular formula is C14H16ClNO2S. The van der Waals surface area contributed by atoms with Gasteiger partial charge in [-0.05, 0) is 17.7 Å². The van der Waals surface area contributed by atoms with E-state index in [1.54, 1.807) is 18.4 Å². The molecular weight excluding hydrogens is 282 g/mol. The number of rotatable bonds is 7. The molecule has 19 heavy (non-hydrogen) atoms. The molecule has 0 aliphatic heterocycles. The normalized spacial score (nSPS) is 10.6. The maximum absolute atomic E-state index is 5.72. The molecule has 0 bridgehead atoms. The minimum atomic E-state index is 0.469. The molecule has 0 spiro atoms. The Morgan fingerprint density at radius 2 is 2.26 bits per heavy atom. The fourth-order valence-corrected chi connectivity index (χ4v) is 2.68. The molecule has 1 aromatic carbocycles. The molecule has 2 rings (SSSR count). The molecule has 0 aliphatic rings. The minimum absolute atomic E-state index is 0.469. The van der Waals surface area contributed by atoms with Crippen molar-refractivity contribution in [1.29, 1.82) is 0 Å². The zero-order chi connectivity index (χ0) is 13.5. The summed E-state index contributed by atoms with van der Waals surface area (Å²) in [6.07, 6.45) is 0.802. The van der Waals surface area contributed by atoms with E-state index in [1.165, 1.54) is 0 Å². The Hall–Kier alpha value is -1.10. The third kappa shape index (κ3) is 4.49. The van der Waals surface area contributed by atoms with Crippen LogP contribution in [0, 0.1) is 0 Å². The van der Waals surface area contributed by atoms with E-state index >= 15 is 0 Å². The summed E-state index contributed by atoms with van der Waals surface area (Å²) in [4.78, 5) is 4.39. The summed E-state index contributed by atoms with van der Waals surface area (Å²) in [6, 6.07) is 7.93. The van der Waals surface area contributed by atoms with Gasteiger partial charge in [0.1, 0.15) is 5.75 Å².